The summed E-state index contributed by atoms with van der Waals surface area (Å²) in [5, 5.41) is 8.49. The molecule has 0 aliphatic carbocycles. The normalized spacial score (nSPS) is 13.1. The molecule has 0 aliphatic heterocycles. The minimum atomic E-state index is -3.67. The molecule has 0 fully saturated rings. The average Bonchev–Trinajstić information content (AvgIpc) is 2.26. The lowest BCUT2D eigenvalue weighted by molar-refractivity contribution is 0.572. The summed E-state index contributed by atoms with van der Waals surface area (Å²) < 4.78 is 25.5. The number of halogens is 1. The van der Waals surface area contributed by atoms with Crippen molar-refractivity contribution in [3.8, 4) is 6.07 Å². The van der Waals surface area contributed by atoms with Gasteiger partial charge in [0.25, 0.3) is 0 Å². The first-order chi connectivity index (χ1) is 7.45. The molecule has 1 aromatic rings. The molecule has 86 valence electrons. The van der Waals surface area contributed by atoms with Crippen LogP contribution in [0.15, 0.2) is 17.3 Å². The van der Waals surface area contributed by atoms with Gasteiger partial charge in [0.2, 0.25) is 15.3 Å². The molecule has 0 amide bonds. The highest BCUT2D eigenvalue weighted by Gasteiger charge is 2.15. The molecular formula is C8H9ClN4O2S. The number of sulfonamides is 1. The summed E-state index contributed by atoms with van der Waals surface area (Å²) in [6.07, 6.45) is 2.21. The van der Waals surface area contributed by atoms with E-state index in [0.717, 1.165) is 12.4 Å². The zero-order valence-corrected chi connectivity index (χ0v) is 9.96. The van der Waals surface area contributed by atoms with E-state index in [2.05, 4.69) is 14.7 Å². The van der Waals surface area contributed by atoms with Gasteiger partial charge in [-0.2, -0.15) is 5.26 Å². The molecule has 8 heteroatoms. The van der Waals surface area contributed by atoms with Crippen LogP contribution in [0.25, 0.3) is 0 Å². The Labute approximate surface area is 98.3 Å². The van der Waals surface area contributed by atoms with Crippen LogP contribution in [0, 0.1) is 17.2 Å². The van der Waals surface area contributed by atoms with E-state index in [-0.39, 0.29) is 16.7 Å². The first-order valence-electron chi connectivity index (χ1n) is 4.32. The molecule has 1 N–H and O–H groups in total. The molecule has 1 atom stereocenters. The van der Waals surface area contributed by atoms with Crippen molar-refractivity contribution in [2.45, 2.75) is 11.8 Å². The van der Waals surface area contributed by atoms with E-state index in [4.69, 9.17) is 16.9 Å². The summed E-state index contributed by atoms with van der Waals surface area (Å²) in [5.74, 6) is -0.400. The smallest absolute Gasteiger partial charge is 0.225 e. The second-order valence-corrected chi connectivity index (χ2v) is 5.17. The molecule has 0 aromatic carbocycles. The lowest BCUT2D eigenvalue weighted by Crippen LogP contribution is -2.28. The van der Waals surface area contributed by atoms with Gasteiger partial charge < -0.3 is 0 Å². The molecule has 0 saturated heterocycles. The Bertz CT molecular complexity index is 494. The van der Waals surface area contributed by atoms with Crippen LogP contribution in [-0.2, 0) is 10.0 Å². The maximum Gasteiger partial charge on any atom is 0.243 e. The van der Waals surface area contributed by atoms with E-state index < -0.39 is 15.9 Å². The van der Waals surface area contributed by atoms with Crippen molar-refractivity contribution >= 4 is 21.6 Å². The predicted octanol–water partition coefficient (Wildman–Crippen LogP) is 0.568. The van der Waals surface area contributed by atoms with E-state index in [9.17, 15) is 8.42 Å². The van der Waals surface area contributed by atoms with Gasteiger partial charge in [-0.3, -0.25) is 0 Å². The third-order valence-corrected chi connectivity index (χ3v) is 3.28. The molecule has 0 aliphatic rings. The van der Waals surface area contributed by atoms with Gasteiger partial charge in [-0.15, -0.1) is 0 Å². The summed E-state index contributed by atoms with van der Waals surface area (Å²) >= 11 is 5.43. The van der Waals surface area contributed by atoms with Gasteiger partial charge in [0.15, 0.2) is 0 Å². The van der Waals surface area contributed by atoms with E-state index in [1.54, 1.807) is 6.92 Å². The Hall–Kier alpha value is -1.23. The van der Waals surface area contributed by atoms with Crippen LogP contribution in [0.1, 0.15) is 6.92 Å². The number of rotatable bonds is 4. The Morgan fingerprint density at radius 2 is 2.12 bits per heavy atom. The zero-order valence-electron chi connectivity index (χ0n) is 8.38. The van der Waals surface area contributed by atoms with Crippen molar-refractivity contribution < 1.29 is 8.42 Å². The number of nitrogens with zero attached hydrogens (tertiary/aromatic N) is 3. The molecule has 16 heavy (non-hydrogen) atoms. The quantitative estimate of drug-likeness (QED) is 0.799. The number of aromatic nitrogens is 2. The molecule has 0 saturated carbocycles. The average molecular weight is 261 g/mol. The van der Waals surface area contributed by atoms with Crippen molar-refractivity contribution in [1.82, 2.24) is 14.7 Å². The van der Waals surface area contributed by atoms with Gasteiger partial charge >= 0.3 is 0 Å². The molecule has 1 heterocycles. The fourth-order valence-electron chi connectivity index (χ4n) is 0.803. The monoisotopic (exact) mass is 260 g/mol. The predicted molar refractivity (Wildman–Crippen MR) is 57.0 cm³/mol. The standard InChI is InChI=1S/C8H9ClN4O2S/c1-6(2-10)3-13-16(14,15)7-4-11-8(9)12-5-7/h4-6,13H,3H2,1H3. The summed E-state index contributed by atoms with van der Waals surface area (Å²) in [5.41, 5.74) is 0. The Morgan fingerprint density at radius 1 is 1.56 bits per heavy atom. The molecule has 1 unspecified atom stereocenters. The van der Waals surface area contributed by atoms with Crippen LogP contribution in [0.2, 0.25) is 5.28 Å². The second-order valence-electron chi connectivity index (χ2n) is 3.07. The van der Waals surface area contributed by atoms with Crippen LogP contribution in [-0.4, -0.2) is 24.9 Å². The van der Waals surface area contributed by atoms with Crippen molar-refractivity contribution in [3.63, 3.8) is 0 Å². The van der Waals surface area contributed by atoms with Gasteiger partial charge in [-0.25, -0.2) is 23.1 Å². The van der Waals surface area contributed by atoms with Gasteiger partial charge in [0.05, 0.1) is 24.4 Å². The van der Waals surface area contributed by atoms with Crippen molar-refractivity contribution in [3.05, 3.63) is 17.7 Å². The van der Waals surface area contributed by atoms with E-state index in [1.165, 1.54) is 0 Å². The summed E-state index contributed by atoms with van der Waals surface area (Å²) in [7, 11) is -3.67. The molecule has 1 aromatic heterocycles. The van der Waals surface area contributed by atoms with Gasteiger partial charge in [0.1, 0.15) is 4.90 Å². The molecule has 0 spiro atoms. The highest BCUT2D eigenvalue weighted by molar-refractivity contribution is 7.89. The maximum atomic E-state index is 11.6. The molecule has 0 radical (unpaired) electrons. The zero-order chi connectivity index (χ0) is 12.2. The highest BCUT2D eigenvalue weighted by atomic mass is 35.5. The first kappa shape index (κ1) is 12.8. The van der Waals surface area contributed by atoms with E-state index in [1.807, 2.05) is 6.07 Å². The topological polar surface area (TPSA) is 95.7 Å². The molecule has 1 rings (SSSR count). The first-order valence-corrected chi connectivity index (χ1v) is 6.18. The van der Waals surface area contributed by atoms with Gasteiger partial charge in [0, 0.05) is 6.54 Å². The van der Waals surface area contributed by atoms with Crippen LogP contribution < -0.4 is 4.72 Å². The number of nitriles is 1. The largest absolute Gasteiger partial charge is 0.243 e. The number of hydrogen-bond acceptors (Lipinski definition) is 5. The highest BCUT2D eigenvalue weighted by Crippen LogP contribution is 2.07. The maximum absolute atomic E-state index is 11.6. The molecular weight excluding hydrogens is 252 g/mol. The SMILES string of the molecule is CC(C#N)CNS(=O)(=O)c1cnc(Cl)nc1. The Balaban J connectivity index is 2.79. The van der Waals surface area contributed by atoms with Gasteiger partial charge in [-0.05, 0) is 18.5 Å². The summed E-state index contributed by atoms with van der Waals surface area (Å²) in [4.78, 5) is 7.04. The fraction of sp³-hybridized carbons (Fsp3) is 0.375. The van der Waals surface area contributed by atoms with Crippen LogP contribution in [0.3, 0.4) is 0 Å². The Kier molecular flexibility index (Phi) is 4.18. The van der Waals surface area contributed by atoms with Crippen LogP contribution >= 0.6 is 11.6 Å². The third kappa shape index (κ3) is 3.41. The van der Waals surface area contributed by atoms with Gasteiger partial charge in [-0.1, -0.05) is 0 Å². The second kappa shape index (κ2) is 5.21. The minimum Gasteiger partial charge on any atom is -0.225 e. The third-order valence-electron chi connectivity index (χ3n) is 1.71. The molecule has 0 bridgehead atoms. The minimum absolute atomic E-state index is 0.0238. The van der Waals surface area contributed by atoms with Crippen LogP contribution in [0.4, 0.5) is 0 Å². The Morgan fingerprint density at radius 3 is 2.62 bits per heavy atom. The van der Waals surface area contributed by atoms with Crippen LogP contribution in [0.5, 0.6) is 0 Å². The van der Waals surface area contributed by atoms with Crippen molar-refractivity contribution in [2.75, 3.05) is 6.54 Å². The fourth-order valence-corrected chi connectivity index (χ4v) is 1.92. The summed E-state index contributed by atoms with van der Waals surface area (Å²) in [6.45, 7) is 1.66. The number of nitrogens with one attached hydrogen (secondary N) is 1. The lowest BCUT2D eigenvalue weighted by atomic mass is 10.2. The van der Waals surface area contributed by atoms with Crippen molar-refractivity contribution in [1.29, 1.82) is 5.26 Å². The molecule has 6 nitrogen and oxygen atoms in total. The number of hydrogen-bond donors (Lipinski definition) is 1. The van der Waals surface area contributed by atoms with E-state index in [0.29, 0.717) is 0 Å². The lowest BCUT2D eigenvalue weighted by Gasteiger charge is -2.06. The van der Waals surface area contributed by atoms with Crippen molar-refractivity contribution in [2.24, 2.45) is 5.92 Å². The summed E-state index contributed by atoms with van der Waals surface area (Å²) in [6, 6.07) is 1.92. The van der Waals surface area contributed by atoms with E-state index >= 15 is 0 Å².